The summed E-state index contributed by atoms with van der Waals surface area (Å²) < 4.78 is 50.0. The number of hydrogen-bond acceptors (Lipinski definition) is 5. The first kappa shape index (κ1) is 25.0. The Morgan fingerprint density at radius 3 is 2.56 bits per heavy atom. The lowest BCUT2D eigenvalue weighted by Crippen LogP contribution is -2.18. The van der Waals surface area contributed by atoms with E-state index in [1.54, 1.807) is 13.1 Å². The summed E-state index contributed by atoms with van der Waals surface area (Å²) in [5.41, 5.74) is 6.11. The third kappa shape index (κ3) is 6.38. The summed E-state index contributed by atoms with van der Waals surface area (Å²) in [7, 11) is 3.14. The van der Waals surface area contributed by atoms with Crippen LogP contribution in [0.5, 0.6) is 5.75 Å². The average molecular weight is 471 g/mol. The number of rotatable bonds is 9. The van der Waals surface area contributed by atoms with Crippen LogP contribution in [-0.2, 0) is 15.7 Å². The number of halogens is 4. The van der Waals surface area contributed by atoms with Gasteiger partial charge < -0.3 is 25.8 Å². The number of aliphatic imine (C=N–C) groups is 1. The molecule has 0 saturated carbocycles. The van der Waals surface area contributed by atoms with Crippen LogP contribution in [0.25, 0.3) is 0 Å². The van der Waals surface area contributed by atoms with Gasteiger partial charge in [-0.3, -0.25) is 4.79 Å². The number of alkyl halides is 3. The minimum Gasteiger partial charge on any atom is -0.489 e. The number of benzene rings is 2. The number of nitrogens with two attached hydrogens (primary N) is 1. The van der Waals surface area contributed by atoms with E-state index < -0.39 is 22.7 Å². The molecule has 0 aliphatic carbocycles. The van der Waals surface area contributed by atoms with Crippen molar-refractivity contribution in [1.82, 2.24) is 0 Å². The molecule has 4 N–H and O–H groups in total. The summed E-state index contributed by atoms with van der Waals surface area (Å²) in [6, 6.07) is 6.28. The number of carbonyl (C=O) groups excluding carboxylic acids is 1. The molecule has 0 spiro atoms. The number of nitrogens with zero attached hydrogens (tertiary/aromatic N) is 1. The van der Waals surface area contributed by atoms with Crippen LogP contribution in [0, 0.1) is 0 Å². The van der Waals surface area contributed by atoms with Gasteiger partial charge in [0.2, 0.25) is 5.91 Å². The Hall–Kier alpha value is -3.24. The highest BCUT2D eigenvalue weighted by atomic mass is 35.5. The molecule has 172 valence electrons. The Bertz CT molecular complexity index is 1030. The van der Waals surface area contributed by atoms with E-state index in [1.165, 1.54) is 19.2 Å². The Morgan fingerprint density at radius 1 is 1.25 bits per heavy atom. The zero-order chi connectivity index (χ0) is 23.9. The lowest BCUT2D eigenvalue weighted by Gasteiger charge is -2.17. The SMILES string of the molecule is C=CC(=O)Nc1cc(C(N)=Nc2ccc(Cl)c(C(F)(F)F)c2)c(NC)cc1OCCOC. The van der Waals surface area contributed by atoms with Crippen molar-refractivity contribution in [2.75, 3.05) is 38.0 Å². The molecule has 0 aliphatic rings. The summed E-state index contributed by atoms with van der Waals surface area (Å²) in [5.74, 6) is -0.265. The van der Waals surface area contributed by atoms with Crippen LogP contribution in [0.4, 0.5) is 30.2 Å². The molecule has 2 aromatic carbocycles. The van der Waals surface area contributed by atoms with Gasteiger partial charge in [-0.05, 0) is 30.3 Å². The molecule has 0 bridgehead atoms. The van der Waals surface area contributed by atoms with Crippen LogP contribution < -0.4 is 21.1 Å². The number of nitrogens with one attached hydrogen (secondary N) is 2. The Morgan fingerprint density at radius 2 is 1.97 bits per heavy atom. The van der Waals surface area contributed by atoms with E-state index in [0.29, 0.717) is 23.6 Å². The van der Waals surface area contributed by atoms with Crippen molar-refractivity contribution in [3.63, 3.8) is 0 Å². The van der Waals surface area contributed by atoms with Crippen molar-refractivity contribution in [2.24, 2.45) is 10.7 Å². The molecule has 0 atom stereocenters. The van der Waals surface area contributed by atoms with E-state index >= 15 is 0 Å². The first-order chi connectivity index (χ1) is 15.1. The second kappa shape index (κ2) is 10.9. The van der Waals surface area contributed by atoms with E-state index in [1.807, 2.05) is 0 Å². The number of anilines is 2. The maximum absolute atomic E-state index is 13.1. The highest BCUT2D eigenvalue weighted by Gasteiger charge is 2.33. The smallest absolute Gasteiger partial charge is 0.417 e. The highest BCUT2D eigenvalue weighted by molar-refractivity contribution is 6.31. The Balaban J connectivity index is 2.53. The molecule has 0 aliphatic heterocycles. The fraction of sp³-hybridized carbons (Fsp3) is 0.238. The first-order valence-corrected chi connectivity index (χ1v) is 9.60. The molecule has 2 rings (SSSR count). The normalized spacial score (nSPS) is 11.8. The second-order valence-corrected chi connectivity index (χ2v) is 6.74. The summed E-state index contributed by atoms with van der Waals surface area (Å²) in [4.78, 5) is 15.9. The molecular formula is C21H22ClF3N4O3. The number of hydrogen-bond donors (Lipinski definition) is 3. The number of carbonyl (C=O) groups is 1. The minimum atomic E-state index is -4.64. The predicted octanol–water partition coefficient (Wildman–Crippen LogP) is 4.59. The molecule has 0 radical (unpaired) electrons. The molecule has 0 heterocycles. The molecule has 11 heteroatoms. The third-order valence-corrected chi connectivity index (χ3v) is 4.49. The maximum atomic E-state index is 13.1. The fourth-order valence-electron chi connectivity index (χ4n) is 2.63. The van der Waals surface area contributed by atoms with Crippen LogP contribution in [-0.4, -0.2) is 39.1 Å². The van der Waals surface area contributed by atoms with Gasteiger partial charge in [-0.1, -0.05) is 18.2 Å². The third-order valence-electron chi connectivity index (χ3n) is 4.16. The van der Waals surface area contributed by atoms with E-state index in [-0.39, 0.29) is 23.8 Å². The monoisotopic (exact) mass is 470 g/mol. The molecule has 1 amide bonds. The van der Waals surface area contributed by atoms with Crippen molar-refractivity contribution in [1.29, 1.82) is 0 Å². The highest BCUT2D eigenvalue weighted by Crippen LogP contribution is 2.37. The van der Waals surface area contributed by atoms with Crippen molar-refractivity contribution in [2.45, 2.75) is 6.18 Å². The van der Waals surface area contributed by atoms with E-state index in [4.69, 9.17) is 26.8 Å². The molecule has 0 fully saturated rings. The molecule has 0 saturated heterocycles. The Labute approximate surface area is 188 Å². The van der Waals surface area contributed by atoms with Gasteiger partial charge in [0.25, 0.3) is 0 Å². The molecule has 7 nitrogen and oxygen atoms in total. The van der Waals surface area contributed by atoms with E-state index in [9.17, 15) is 18.0 Å². The largest absolute Gasteiger partial charge is 0.489 e. The maximum Gasteiger partial charge on any atom is 0.417 e. The molecule has 0 aromatic heterocycles. The van der Waals surface area contributed by atoms with Gasteiger partial charge in [-0.25, -0.2) is 4.99 Å². The first-order valence-electron chi connectivity index (χ1n) is 9.23. The lowest BCUT2D eigenvalue weighted by atomic mass is 10.1. The standard InChI is InChI=1S/C21H22ClF3N4O3/c1-4-19(30)29-17-10-13(16(27-2)11-18(17)32-8-7-31-3)20(26)28-12-5-6-15(22)14(9-12)21(23,24)25/h4-6,9-11,27H,1,7-8H2,2-3H3,(H2,26,28)(H,29,30). The van der Waals surface area contributed by atoms with Crippen LogP contribution in [0.2, 0.25) is 5.02 Å². The van der Waals surface area contributed by atoms with Gasteiger partial charge in [0.15, 0.2) is 0 Å². The zero-order valence-corrected chi connectivity index (χ0v) is 18.1. The van der Waals surface area contributed by atoms with Gasteiger partial charge in [0, 0.05) is 31.5 Å². The van der Waals surface area contributed by atoms with Gasteiger partial charge in [0.05, 0.1) is 28.6 Å². The van der Waals surface area contributed by atoms with E-state index in [2.05, 4.69) is 22.2 Å². The lowest BCUT2D eigenvalue weighted by molar-refractivity contribution is -0.137. The minimum absolute atomic E-state index is 0.0432. The number of amides is 1. The van der Waals surface area contributed by atoms with Gasteiger partial charge in [-0.2, -0.15) is 13.2 Å². The Kier molecular flexibility index (Phi) is 8.50. The van der Waals surface area contributed by atoms with Crippen molar-refractivity contribution >= 4 is 40.4 Å². The van der Waals surface area contributed by atoms with Crippen molar-refractivity contribution < 1.29 is 27.4 Å². The van der Waals surface area contributed by atoms with Gasteiger partial charge >= 0.3 is 6.18 Å². The van der Waals surface area contributed by atoms with Crippen LogP contribution in [0.15, 0.2) is 48.0 Å². The quantitative estimate of drug-likeness (QED) is 0.215. The van der Waals surface area contributed by atoms with Crippen molar-refractivity contribution in [3.05, 3.63) is 59.1 Å². The molecule has 32 heavy (non-hydrogen) atoms. The van der Waals surface area contributed by atoms with Gasteiger partial charge in [-0.15, -0.1) is 0 Å². The molecular weight excluding hydrogens is 449 g/mol. The fourth-order valence-corrected chi connectivity index (χ4v) is 2.86. The summed E-state index contributed by atoms with van der Waals surface area (Å²) in [6.45, 7) is 3.93. The summed E-state index contributed by atoms with van der Waals surface area (Å²) in [6.07, 6.45) is -3.56. The van der Waals surface area contributed by atoms with Crippen LogP contribution in [0.1, 0.15) is 11.1 Å². The predicted molar refractivity (Wildman–Crippen MR) is 119 cm³/mol. The van der Waals surface area contributed by atoms with Crippen LogP contribution >= 0.6 is 11.6 Å². The number of amidine groups is 1. The number of ether oxygens (including phenoxy) is 2. The van der Waals surface area contributed by atoms with Crippen molar-refractivity contribution in [3.8, 4) is 5.75 Å². The summed E-state index contributed by atoms with van der Waals surface area (Å²) >= 11 is 5.65. The topological polar surface area (TPSA) is 98.0 Å². The van der Waals surface area contributed by atoms with Crippen LogP contribution in [0.3, 0.4) is 0 Å². The second-order valence-electron chi connectivity index (χ2n) is 6.34. The summed E-state index contributed by atoms with van der Waals surface area (Å²) in [5, 5.41) is 5.09. The molecule has 0 unspecified atom stereocenters. The zero-order valence-electron chi connectivity index (χ0n) is 17.3. The van der Waals surface area contributed by atoms with Gasteiger partial charge in [0.1, 0.15) is 18.2 Å². The number of methoxy groups -OCH3 is 1. The molecule has 2 aromatic rings. The average Bonchev–Trinajstić information content (AvgIpc) is 2.74. The van der Waals surface area contributed by atoms with E-state index in [0.717, 1.165) is 18.2 Å².